The summed E-state index contributed by atoms with van der Waals surface area (Å²) in [6.45, 7) is 2.13. The summed E-state index contributed by atoms with van der Waals surface area (Å²) in [4.78, 5) is 12.9. The topological polar surface area (TPSA) is 60.8 Å². The minimum atomic E-state index is -0.980. The Balaban J connectivity index is 1.93. The number of amides is 1. The molecule has 3 rings (SSSR count). The first-order valence-electron chi connectivity index (χ1n) is 8.09. The number of aliphatic hydroxyl groups is 1. The standard InChI is InChI=1S/C19H19BrFNO3/c1-11-16(18(23)13-3-2-4-14(21)9-13)7-12(8-17(11)20)10-22(19(24)25)15-5-6-15/h2-4,7-9,15,18,23H,5-6,10H2,1H3,(H,24,25). The van der Waals surface area contributed by atoms with Gasteiger partial charge in [-0.2, -0.15) is 0 Å². The fourth-order valence-electron chi connectivity index (χ4n) is 2.93. The van der Waals surface area contributed by atoms with Gasteiger partial charge >= 0.3 is 6.09 Å². The maximum absolute atomic E-state index is 13.5. The number of carbonyl (C=O) groups is 1. The Morgan fingerprint density at radius 2 is 2.08 bits per heavy atom. The molecule has 1 amide bonds. The molecule has 1 unspecified atom stereocenters. The second kappa shape index (κ2) is 7.14. The van der Waals surface area contributed by atoms with Crippen LogP contribution < -0.4 is 0 Å². The molecule has 0 saturated heterocycles. The molecule has 25 heavy (non-hydrogen) atoms. The van der Waals surface area contributed by atoms with E-state index < -0.39 is 18.0 Å². The van der Waals surface area contributed by atoms with Crippen molar-refractivity contribution in [2.75, 3.05) is 0 Å². The molecule has 0 aromatic heterocycles. The molecular weight excluding hydrogens is 389 g/mol. The Hall–Kier alpha value is -1.92. The van der Waals surface area contributed by atoms with Crippen molar-refractivity contribution in [1.29, 1.82) is 0 Å². The normalized spacial score (nSPS) is 15.0. The van der Waals surface area contributed by atoms with Crippen LogP contribution in [-0.2, 0) is 6.54 Å². The highest BCUT2D eigenvalue weighted by atomic mass is 79.9. The van der Waals surface area contributed by atoms with Crippen LogP contribution >= 0.6 is 15.9 Å². The number of aliphatic hydroxyl groups excluding tert-OH is 1. The lowest BCUT2D eigenvalue weighted by molar-refractivity contribution is 0.139. The van der Waals surface area contributed by atoms with Crippen molar-refractivity contribution in [3.8, 4) is 0 Å². The maximum atomic E-state index is 13.5. The van der Waals surface area contributed by atoms with Crippen molar-refractivity contribution in [1.82, 2.24) is 4.90 Å². The quantitative estimate of drug-likeness (QED) is 0.759. The summed E-state index contributed by atoms with van der Waals surface area (Å²) in [7, 11) is 0. The molecule has 1 aliphatic rings. The van der Waals surface area contributed by atoms with Crippen molar-refractivity contribution >= 4 is 22.0 Å². The molecule has 2 aromatic carbocycles. The summed E-state index contributed by atoms with van der Waals surface area (Å²) in [5.41, 5.74) is 2.73. The van der Waals surface area contributed by atoms with Crippen LogP contribution in [0.15, 0.2) is 40.9 Å². The highest BCUT2D eigenvalue weighted by molar-refractivity contribution is 9.10. The van der Waals surface area contributed by atoms with Gasteiger partial charge in [-0.1, -0.05) is 34.1 Å². The first-order chi connectivity index (χ1) is 11.9. The molecule has 0 spiro atoms. The fraction of sp³-hybridized carbons (Fsp3) is 0.316. The van der Waals surface area contributed by atoms with Gasteiger partial charge in [0.25, 0.3) is 0 Å². The van der Waals surface area contributed by atoms with E-state index in [1.807, 2.05) is 13.0 Å². The van der Waals surface area contributed by atoms with E-state index in [1.165, 1.54) is 17.0 Å². The average Bonchev–Trinajstić information content (AvgIpc) is 3.39. The predicted octanol–water partition coefficient (Wildman–Crippen LogP) is 4.62. The van der Waals surface area contributed by atoms with Crippen LogP contribution in [0.2, 0.25) is 0 Å². The molecule has 0 bridgehead atoms. The maximum Gasteiger partial charge on any atom is 0.407 e. The van der Waals surface area contributed by atoms with E-state index in [2.05, 4.69) is 15.9 Å². The van der Waals surface area contributed by atoms with Crippen LogP contribution in [0.5, 0.6) is 0 Å². The van der Waals surface area contributed by atoms with E-state index in [0.29, 0.717) is 11.1 Å². The Labute approximate surface area is 154 Å². The Kier molecular flexibility index (Phi) is 5.11. The molecule has 0 heterocycles. The molecule has 1 fully saturated rings. The van der Waals surface area contributed by atoms with Gasteiger partial charge < -0.3 is 15.1 Å². The number of carboxylic acid groups (broad SMARTS) is 1. The van der Waals surface area contributed by atoms with E-state index in [4.69, 9.17) is 0 Å². The van der Waals surface area contributed by atoms with Gasteiger partial charge in [0.05, 0.1) is 0 Å². The van der Waals surface area contributed by atoms with Crippen LogP contribution in [-0.4, -0.2) is 27.2 Å². The first-order valence-corrected chi connectivity index (χ1v) is 8.88. The molecule has 2 N–H and O–H groups in total. The van der Waals surface area contributed by atoms with E-state index in [-0.39, 0.29) is 12.6 Å². The Bertz CT molecular complexity index is 807. The predicted molar refractivity (Wildman–Crippen MR) is 95.9 cm³/mol. The second-order valence-corrected chi connectivity index (χ2v) is 7.25. The number of halogens is 2. The second-order valence-electron chi connectivity index (χ2n) is 6.39. The molecule has 6 heteroatoms. The number of hydrogen-bond donors (Lipinski definition) is 2. The summed E-state index contributed by atoms with van der Waals surface area (Å²) in [5, 5.41) is 20.1. The average molecular weight is 408 g/mol. The van der Waals surface area contributed by atoms with Gasteiger partial charge in [-0.15, -0.1) is 0 Å². The summed E-state index contributed by atoms with van der Waals surface area (Å²) < 4.78 is 14.3. The van der Waals surface area contributed by atoms with Crippen molar-refractivity contribution in [2.45, 2.75) is 38.5 Å². The van der Waals surface area contributed by atoms with E-state index >= 15 is 0 Å². The lowest BCUT2D eigenvalue weighted by atomic mass is 9.95. The number of benzene rings is 2. The zero-order chi connectivity index (χ0) is 18.1. The van der Waals surface area contributed by atoms with E-state index in [9.17, 15) is 19.4 Å². The van der Waals surface area contributed by atoms with Crippen molar-refractivity contribution in [3.63, 3.8) is 0 Å². The van der Waals surface area contributed by atoms with Crippen molar-refractivity contribution in [2.24, 2.45) is 0 Å². The van der Waals surface area contributed by atoms with Crippen LogP contribution in [0, 0.1) is 12.7 Å². The zero-order valence-corrected chi connectivity index (χ0v) is 15.3. The zero-order valence-electron chi connectivity index (χ0n) is 13.7. The van der Waals surface area contributed by atoms with Gasteiger partial charge in [0, 0.05) is 17.1 Å². The minimum absolute atomic E-state index is 0.0779. The Morgan fingerprint density at radius 3 is 2.68 bits per heavy atom. The van der Waals surface area contributed by atoms with Gasteiger partial charge in [0.2, 0.25) is 0 Å². The lowest BCUT2D eigenvalue weighted by Gasteiger charge is -2.21. The van der Waals surface area contributed by atoms with E-state index in [1.54, 1.807) is 18.2 Å². The third-order valence-electron chi connectivity index (χ3n) is 4.49. The van der Waals surface area contributed by atoms with Crippen molar-refractivity contribution < 1.29 is 19.4 Å². The molecule has 1 atom stereocenters. The summed E-state index contributed by atoms with van der Waals surface area (Å²) in [6.07, 6.45) is -0.145. The lowest BCUT2D eigenvalue weighted by Crippen LogP contribution is -2.31. The van der Waals surface area contributed by atoms with E-state index in [0.717, 1.165) is 28.4 Å². The van der Waals surface area contributed by atoms with Crippen LogP contribution in [0.1, 0.15) is 41.2 Å². The number of nitrogens with zero attached hydrogens (tertiary/aromatic N) is 1. The molecule has 1 saturated carbocycles. The highest BCUT2D eigenvalue weighted by Gasteiger charge is 2.32. The fourth-order valence-corrected chi connectivity index (χ4v) is 3.45. The highest BCUT2D eigenvalue weighted by Crippen LogP contribution is 2.33. The molecule has 1 aliphatic carbocycles. The molecule has 4 nitrogen and oxygen atoms in total. The van der Waals surface area contributed by atoms with Crippen LogP contribution in [0.3, 0.4) is 0 Å². The SMILES string of the molecule is Cc1c(Br)cc(CN(C(=O)O)C2CC2)cc1C(O)c1cccc(F)c1. The third kappa shape index (κ3) is 4.02. The summed E-state index contributed by atoms with van der Waals surface area (Å²) in [5.74, 6) is -0.407. The largest absolute Gasteiger partial charge is 0.465 e. The third-order valence-corrected chi connectivity index (χ3v) is 5.31. The van der Waals surface area contributed by atoms with Gasteiger partial charge in [0.1, 0.15) is 11.9 Å². The first kappa shape index (κ1) is 17.9. The van der Waals surface area contributed by atoms with Gasteiger partial charge in [-0.25, -0.2) is 9.18 Å². The van der Waals surface area contributed by atoms with Gasteiger partial charge in [0.15, 0.2) is 0 Å². The van der Waals surface area contributed by atoms with Crippen LogP contribution in [0.4, 0.5) is 9.18 Å². The Morgan fingerprint density at radius 1 is 1.36 bits per heavy atom. The minimum Gasteiger partial charge on any atom is -0.465 e. The molecule has 0 aliphatic heterocycles. The van der Waals surface area contributed by atoms with Crippen LogP contribution in [0.25, 0.3) is 0 Å². The monoisotopic (exact) mass is 407 g/mol. The molecular formula is C19H19BrFNO3. The number of hydrogen-bond acceptors (Lipinski definition) is 2. The van der Waals surface area contributed by atoms with Gasteiger partial charge in [-0.05, 0) is 60.2 Å². The molecule has 2 aromatic rings. The van der Waals surface area contributed by atoms with Crippen molar-refractivity contribution in [3.05, 3.63) is 68.9 Å². The molecule has 0 radical (unpaired) electrons. The number of rotatable bonds is 5. The summed E-state index contributed by atoms with van der Waals surface area (Å²) >= 11 is 3.48. The summed E-state index contributed by atoms with van der Waals surface area (Å²) in [6, 6.07) is 9.61. The van der Waals surface area contributed by atoms with Gasteiger partial charge in [-0.3, -0.25) is 0 Å². The molecule has 132 valence electrons. The smallest absolute Gasteiger partial charge is 0.407 e.